The van der Waals surface area contributed by atoms with Crippen LogP contribution in [-0.4, -0.2) is 31.2 Å². The summed E-state index contributed by atoms with van der Waals surface area (Å²) in [5, 5.41) is 0. The van der Waals surface area contributed by atoms with E-state index in [1.165, 1.54) is 0 Å². The first kappa shape index (κ1) is 8.84. The number of alkyl halides is 3. The monoisotopic (exact) mass is 167 g/mol. The molecular weight excluding hydrogens is 155 g/mol. The Kier molecular flexibility index (Phi) is 2.14. The Labute approximate surface area is 64.2 Å². The lowest BCUT2D eigenvalue weighted by Gasteiger charge is -2.17. The van der Waals surface area contributed by atoms with Crippen LogP contribution in [0.25, 0.3) is 0 Å². The molecule has 2 atom stereocenters. The van der Waals surface area contributed by atoms with Crippen molar-refractivity contribution in [2.24, 2.45) is 11.8 Å². The Bertz CT molecular complexity index is 143. The summed E-state index contributed by atoms with van der Waals surface area (Å²) in [7, 11) is 1.72. The van der Waals surface area contributed by atoms with Gasteiger partial charge >= 0.3 is 6.18 Å². The predicted molar refractivity (Wildman–Crippen MR) is 36.2 cm³/mol. The van der Waals surface area contributed by atoms with Gasteiger partial charge in [0.05, 0.1) is 5.92 Å². The molecule has 1 fully saturated rings. The van der Waals surface area contributed by atoms with Crippen LogP contribution in [0.4, 0.5) is 13.2 Å². The highest BCUT2D eigenvalue weighted by Gasteiger charge is 2.46. The summed E-state index contributed by atoms with van der Waals surface area (Å²) in [4.78, 5) is 1.73. The third kappa shape index (κ3) is 1.86. The number of likely N-dealkylation sites (tertiary alicyclic amines) is 1. The molecule has 1 heterocycles. The fourth-order valence-corrected chi connectivity index (χ4v) is 1.64. The molecule has 0 N–H and O–H groups in total. The lowest BCUT2D eigenvalue weighted by Crippen LogP contribution is -2.28. The van der Waals surface area contributed by atoms with Crippen molar-refractivity contribution in [2.45, 2.75) is 13.1 Å². The van der Waals surface area contributed by atoms with Crippen molar-refractivity contribution in [1.82, 2.24) is 4.90 Å². The Morgan fingerprint density at radius 2 is 1.82 bits per heavy atom. The van der Waals surface area contributed by atoms with Crippen molar-refractivity contribution < 1.29 is 13.2 Å². The third-order valence-electron chi connectivity index (χ3n) is 2.22. The van der Waals surface area contributed by atoms with E-state index in [2.05, 4.69) is 0 Å². The second-order valence-corrected chi connectivity index (χ2v) is 3.35. The first-order valence-electron chi connectivity index (χ1n) is 3.66. The molecule has 1 saturated heterocycles. The number of hydrogen-bond acceptors (Lipinski definition) is 1. The van der Waals surface area contributed by atoms with Gasteiger partial charge in [0.25, 0.3) is 0 Å². The van der Waals surface area contributed by atoms with Gasteiger partial charge in [-0.3, -0.25) is 0 Å². The van der Waals surface area contributed by atoms with Crippen molar-refractivity contribution in [2.75, 3.05) is 20.1 Å². The van der Waals surface area contributed by atoms with Crippen molar-refractivity contribution in [3.05, 3.63) is 0 Å². The summed E-state index contributed by atoms with van der Waals surface area (Å²) < 4.78 is 36.5. The van der Waals surface area contributed by atoms with E-state index in [1.807, 2.05) is 0 Å². The van der Waals surface area contributed by atoms with Gasteiger partial charge in [0, 0.05) is 13.1 Å². The van der Waals surface area contributed by atoms with Crippen LogP contribution >= 0.6 is 0 Å². The molecule has 0 aliphatic carbocycles. The maximum absolute atomic E-state index is 12.2. The van der Waals surface area contributed by atoms with Crippen molar-refractivity contribution in [1.29, 1.82) is 0 Å². The zero-order valence-corrected chi connectivity index (χ0v) is 6.65. The third-order valence-corrected chi connectivity index (χ3v) is 2.22. The maximum Gasteiger partial charge on any atom is 0.393 e. The number of halogens is 3. The minimum absolute atomic E-state index is 0.157. The van der Waals surface area contributed by atoms with Crippen LogP contribution in [0.15, 0.2) is 0 Å². The summed E-state index contributed by atoms with van der Waals surface area (Å²) in [5.74, 6) is -1.37. The largest absolute Gasteiger partial charge is 0.393 e. The molecule has 0 saturated carbocycles. The maximum atomic E-state index is 12.2. The highest BCUT2D eigenvalue weighted by atomic mass is 19.4. The lowest BCUT2D eigenvalue weighted by atomic mass is 9.98. The van der Waals surface area contributed by atoms with E-state index in [0.717, 1.165) is 0 Å². The zero-order valence-electron chi connectivity index (χ0n) is 6.65. The average Bonchev–Trinajstić information content (AvgIpc) is 2.08. The summed E-state index contributed by atoms with van der Waals surface area (Å²) in [5.41, 5.74) is 0. The van der Waals surface area contributed by atoms with Gasteiger partial charge in [-0.1, -0.05) is 6.92 Å². The summed E-state index contributed by atoms with van der Waals surface area (Å²) in [6.07, 6.45) is -4.01. The van der Waals surface area contributed by atoms with Gasteiger partial charge in [-0.15, -0.1) is 0 Å². The van der Waals surface area contributed by atoms with Crippen LogP contribution < -0.4 is 0 Å². The fourth-order valence-electron chi connectivity index (χ4n) is 1.64. The second-order valence-electron chi connectivity index (χ2n) is 3.35. The molecule has 0 aromatic heterocycles. The Balaban J connectivity index is 2.60. The molecule has 1 nitrogen and oxygen atoms in total. The standard InChI is InChI=1S/C7H12F3N/c1-5-3-11(2)4-6(5)7(8,9)10/h5-6H,3-4H2,1-2H3. The molecule has 0 aromatic carbocycles. The Morgan fingerprint density at radius 1 is 1.27 bits per heavy atom. The van der Waals surface area contributed by atoms with Crippen molar-refractivity contribution in [3.63, 3.8) is 0 Å². The van der Waals surface area contributed by atoms with Gasteiger partial charge in [-0.05, 0) is 13.0 Å². The van der Waals surface area contributed by atoms with Crippen LogP contribution in [0.5, 0.6) is 0 Å². The summed E-state index contributed by atoms with van der Waals surface area (Å²) >= 11 is 0. The molecule has 0 aromatic rings. The molecule has 11 heavy (non-hydrogen) atoms. The van der Waals surface area contributed by atoms with E-state index in [1.54, 1.807) is 18.9 Å². The first-order valence-corrected chi connectivity index (χ1v) is 3.66. The molecule has 0 radical (unpaired) electrons. The fraction of sp³-hybridized carbons (Fsp3) is 1.00. The quantitative estimate of drug-likeness (QED) is 0.531. The Hall–Kier alpha value is -0.250. The van der Waals surface area contributed by atoms with Gasteiger partial charge < -0.3 is 4.90 Å². The van der Waals surface area contributed by atoms with Gasteiger partial charge in [0.2, 0.25) is 0 Å². The van der Waals surface area contributed by atoms with E-state index in [0.29, 0.717) is 6.54 Å². The molecular formula is C7H12F3N. The van der Waals surface area contributed by atoms with Crippen LogP contribution in [0.1, 0.15) is 6.92 Å². The summed E-state index contributed by atoms with van der Waals surface area (Å²) in [6, 6.07) is 0. The summed E-state index contributed by atoms with van der Waals surface area (Å²) in [6.45, 7) is 2.37. The minimum Gasteiger partial charge on any atom is -0.305 e. The zero-order chi connectivity index (χ0) is 8.65. The van der Waals surface area contributed by atoms with Crippen LogP contribution in [0.2, 0.25) is 0 Å². The molecule has 0 amide bonds. The normalized spacial score (nSPS) is 34.6. The molecule has 2 unspecified atom stereocenters. The molecule has 1 aliphatic rings. The van der Waals surface area contributed by atoms with Gasteiger partial charge in [0.1, 0.15) is 0 Å². The van der Waals surface area contributed by atoms with Crippen molar-refractivity contribution >= 4 is 0 Å². The van der Waals surface area contributed by atoms with E-state index in [-0.39, 0.29) is 12.5 Å². The molecule has 0 spiro atoms. The highest BCUT2D eigenvalue weighted by molar-refractivity contribution is 4.83. The van der Waals surface area contributed by atoms with Crippen LogP contribution in [-0.2, 0) is 0 Å². The van der Waals surface area contributed by atoms with Gasteiger partial charge in [0.15, 0.2) is 0 Å². The van der Waals surface area contributed by atoms with E-state index in [9.17, 15) is 13.2 Å². The highest BCUT2D eigenvalue weighted by Crippen LogP contribution is 2.36. The van der Waals surface area contributed by atoms with E-state index in [4.69, 9.17) is 0 Å². The Morgan fingerprint density at radius 3 is 2.00 bits per heavy atom. The number of rotatable bonds is 0. The first-order chi connectivity index (χ1) is 4.91. The van der Waals surface area contributed by atoms with Gasteiger partial charge in [-0.2, -0.15) is 13.2 Å². The molecule has 1 aliphatic heterocycles. The number of hydrogen-bond donors (Lipinski definition) is 0. The predicted octanol–water partition coefficient (Wildman–Crippen LogP) is 1.75. The lowest BCUT2D eigenvalue weighted by molar-refractivity contribution is -0.178. The second kappa shape index (κ2) is 2.66. The smallest absolute Gasteiger partial charge is 0.305 e. The van der Waals surface area contributed by atoms with E-state index >= 15 is 0 Å². The minimum atomic E-state index is -4.01. The van der Waals surface area contributed by atoms with Crippen LogP contribution in [0, 0.1) is 11.8 Å². The molecule has 4 heteroatoms. The topological polar surface area (TPSA) is 3.24 Å². The van der Waals surface area contributed by atoms with Crippen molar-refractivity contribution in [3.8, 4) is 0 Å². The van der Waals surface area contributed by atoms with Gasteiger partial charge in [-0.25, -0.2) is 0 Å². The SMILES string of the molecule is CC1CN(C)CC1C(F)(F)F. The number of nitrogens with zero attached hydrogens (tertiary/aromatic N) is 1. The molecule has 66 valence electrons. The van der Waals surface area contributed by atoms with E-state index < -0.39 is 12.1 Å². The van der Waals surface area contributed by atoms with Crippen LogP contribution in [0.3, 0.4) is 0 Å². The molecule has 1 rings (SSSR count). The molecule has 0 bridgehead atoms. The average molecular weight is 167 g/mol.